The second kappa shape index (κ2) is 10.8. The van der Waals surface area contributed by atoms with E-state index in [1.54, 1.807) is 23.1 Å². The average molecular weight is 465 g/mol. The zero-order chi connectivity index (χ0) is 22.4. The Hall–Kier alpha value is -2.28. The number of aryl methyl sites for hydroxylation is 1. The molecule has 8 heteroatoms. The second-order valence-electron chi connectivity index (χ2n) is 7.72. The molecule has 0 bridgehead atoms. The van der Waals surface area contributed by atoms with Crippen molar-refractivity contribution in [1.82, 2.24) is 10.2 Å². The predicted octanol–water partition coefficient (Wildman–Crippen LogP) is 3.71. The van der Waals surface area contributed by atoms with Crippen molar-refractivity contribution in [3.05, 3.63) is 63.6 Å². The van der Waals surface area contributed by atoms with Crippen molar-refractivity contribution < 1.29 is 19.4 Å². The van der Waals surface area contributed by atoms with Crippen molar-refractivity contribution in [1.29, 1.82) is 0 Å². The van der Waals surface area contributed by atoms with Gasteiger partial charge in [-0.15, -0.1) is 0 Å². The molecule has 0 spiro atoms. The fraction of sp³-hybridized carbons (Fsp3) is 0.391. The fourth-order valence-corrected chi connectivity index (χ4v) is 3.80. The summed E-state index contributed by atoms with van der Waals surface area (Å²) in [4.78, 5) is 27.0. The molecule has 0 saturated carbocycles. The standard InChI is InChI=1S/C23H26Cl2N2O4/c1-15-7-9-16(10-8-15)23(30)27-11-3-4-17(13-27)22(29)26-12-18(28)14-31-20-6-2-5-19(24)21(20)25/h2,5-10,17-18,28H,3-4,11-14H2,1H3,(H,26,29). The monoisotopic (exact) mass is 464 g/mol. The Kier molecular flexibility index (Phi) is 8.18. The Morgan fingerprint density at radius 2 is 1.97 bits per heavy atom. The zero-order valence-corrected chi connectivity index (χ0v) is 18.8. The van der Waals surface area contributed by atoms with Crippen molar-refractivity contribution in [3.8, 4) is 5.75 Å². The molecule has 1 saturated heterocycles. The van der Waals surface area contributed by atoms with Gasteiger partial charge in [0.05, 0.1) is 10.9 Å². The smallest absolute Gasteiger partial charge is 0.253 e. The van der Waals surface area contributed by atoms with Crippen LogP contribution in [0.4, 0.5) is 0 Å². The maximum atomic E-state index is 12.7. The van der Waals surface area contributed by atoms with E-state index < -0.39 is 6.10 Å². The van der Waals surface area contributed by atoms with E-state index in [9.17, 15) is 14.7 Å². The molecule has 2 atom stereocenters. The number of hydrogen-bond acceptors (Lipinski definition) is 4. The molecule has 6 nitrogen and oxygen atoms in total. The minimum atomic E-state index is -0.909. The summed E-state index contributed by atoms with van der Waals surface area (Å²) < 4.78 is 5.49. The minimum absolute atomic E-state index is 0.0386. The van der Waals surface area contributed by atoms with Crippen LogP contribution in [0.5, 0.6) is 5.75 Å². The number of carbonyl (C=O) groups excluding carboxylic acids is 2. The number of likely N-dealkylation sites (tertiary alicyclic amines) is 1. The predicted molar refractivity (Wildman–Crippen MR) is 121 cm³/mol. The van der Waals surface area contributed by atoms with Crippen LogP contribution >= 0.6 is 23.2 Å². The second-order valence-corrected chi connectivity index (χ2v) is 8.50. The summed E-state index contributed by atoms with van der Waals surface area (Å²) in [6.45, 7) is 2.97. The lowest BCUT2D eigenvalue weighted by Crippen LogP contribution is -2.47. The molecular weight excluding hydrogens is 439 g/mol. The first-order valence-electron chi connectivity index (χ1n) is 10.2. The van der Waals surface area contributed by atoms with E-state index in [1.165, 1.54) is 0 Å². The number of nitrogens with zero attached hydrogens (tertiary/aromatic N) is 1. The maximum absolute atomic E-state index is 12.7. The van der Waals surface area contributed by atoms with Crippen LogP contribution in [0.3, 0.4) is 0 Å². The SMILES string of the molecule is Cc1ccc(C(=O)N2CCCC(C(=O)NCC(O)COc3cccc(Cl)c3Cl)C2)cc1. The van der Waals surface area contributed by atoms with E-state index in [2.05, 4.69) is 5.32 Å². The van der Waals surface area contributed by atoms with Crippen LogP contribution in [0.1, 0.15) is 28.8 Å². The van der Waals surface area contributed by atoms with E-state index in [4.69, 9.17) is 27.9 Å². The molecule has 2 amide bonds. The van der Waals surface area contributed by atoms with Gasteiger partial charge in [-0.2, -0.15) is 0 Å². The third kappa shape index (κ3) is 6.35. The number of aliphatic hydroxyl groups excluding tert-OH is 1. The molecule has 3 rings (SSSR count). The number of rotatable bonds is 7. The first-order chi connectivity index (χ1) is 14.8. The van der Waals surface area contributed by atoms with Gasteiger partial charge >= 0.3 is 0 Å². The van der Waals surface area contributed by atoms with E-state index in [1.807, 2.05) is 31.2 Å². The third-order valence-corrected chi connectivity index (χ3v) is 6.04. The van der Waals surface area contributed by atoms with E-state index in [-0.39, 0.29) is 35.9 Å². The van der Waals surface area contributed by atoms with Gasteiger partial charge in [0.1, 0.15) is 23.5 Å². The van der Waals surface area contributed by atoms with E-state index in [0.29, 0.717) is 35.8 Å². The summed E-state index contributed by atoms with van der Waals surface area (Å²) >= 11 is 12.0. The van der Waals surface area contributed by atoms with E-state index in [0.717, 1.165) is 12.0 Å². The molecule has 1 fully saturated rings. The molecule has 2 unspecified atom stereocenters. The molecule has 1 heterocycles. The number of ether oxygens (including phenoxy) is 1. The number of nitrogens with one attached hydrogen (secondary N) is 1. The molecule has 0 radical (unpaired) electrons. The van der Waals surface area contributed by atoms with Gasteiger partial charge in [-0.3, -0.25) is 9.59 Å². The number of hydrogen-bond donors (Lipinski definition) is 2. The number of aliphatic hydroxyl groups is 1. The lowest BCUT2D eigenvalue weighted by molar-refractivity contribution is -0.126. The molecular formula is C23H26Cl2N2O4. The van der Waals surface area contributed by atoms with Crippen molar-refractivity contribution >= 4 is 35.0 Å². The van der Waals surface area contributed by atoms with Crippen LogP contribution in [0.2, 0.25) is 10.0 Å². The van der Waals surface area contributed by atoms with Gasteiger partial charge in [-0.1, -0.05) is 47.0 Å². The highest BCUT2D eigenvalue weighted by Crippen LogP contribution is 2.31. The largest absolute Gasteiger partial charge is 0.489 e. The lowest BCUT2D eigenvalue weighted by Gasteiger charge is -2.32. The molecule has 31 heavy (non-hydrogen) atoms. The molecule has 2 aromatic carbocycles. The molecule has 0 aromatic heterocycles. The van der Waals surface area contributed by atoms with Gasteiger partial charge < -0.3 is 20.1 Å². The molecule has 1 aliphatic rings. The number of piperidine rings is 1. The molecule has 2 N–H and O–H groups in total. The van der Waals surface area contributed by atoms with Gasteiger partial charge in [0.2, 0.25) is 5.91 Å². The Labute approximate surface area is 192 Å². The van der Waals surface area contributed by atoms with Gasteiger partial charge in [0.15, 0.2) is 0 Å². The van der Waals surface area contributed by atoms with E-state index >= 15 is 0 Å². The molecule has 2 aromatic rings. The summed E-state index contributed by atoms with van der Waals surface area (Å²) in [6, 6.07) is 12.4. The lowest BCUT2D eigenvalue weighted by atomic mass is 9.96. The highest BCUT2D eigenvalue weighted by Gasteiger charge is 2.29. The zero-order valence-electron chi connectivity index (χ0n) is 17.3. The molecule has 1 aliphatic heterocycles. The van der Waals surface area contributed by atoms with Crippen molar-refractivity contribution in [2.45, 2.75) is 25.9 Å². The Morgan fingerprint density at radius 3 is 2.71 bits per heavy atom. The summed E-state index contributed by atoms with van der Waals surface area (Å²) in [5.74, 6) is -0.179. The van der Waals surface area contributed by atoms with Crippen LogP contribution in [-0.4, -0.2) is 54.2 Å². The summed E-state index contributed by atoms with van der Waals surface area (Å²) in [5.41, 5.74) is 1.71. The van der Waals surface area contributed by atoms with Crippen LogP contribution in [-0.2, 0) is 4.79 Å². The van der Waals surface area contributed by atoms with Gasteiger partial charge in [0.25, 0.3) is 5.91 Å². The quantitative estimate of drug-likeness (QED) is 0.654. The Bertz CT molecular complexity index is 920. The molecule has 166 valence electrons. The van der Waals surface area contributed by atoms with Crippen LogP contribution in [0.15, 0.2) is 42.5 Å². The first kappa shape index (κ1) is 23.4. The van der Waals surface area contributed by atoms with Crippen LogP contribution in [0.25, 0.3) is 0 Å². The fourth-order valence-electron chi connectivity index (χ4n) is 3.46. The summed E-state index contributed by atoms with van der Waals surface area (Å²) in [5, 5.41) is 13.5. The third-order valence-electron chi connectivity index (χ3n) is 5.24. The Balaban J connectivity index is 1.46. The van der Waals surface area contributed by atoms with Crippen LogP contribution in [0, 0.1) is 12.8 Å². The van der Waals surface area contributed by atoms with Gasteiger partial charge in [-0.05, 0) is 44.0 Å². The average Bonchev–Trinajstić information content (AvgIpc) is 2.78. The first-order valence-corrected chi connectivity index (χ1v) is 11.0. The van der Waals surface area contributed by atoms with Crippen molar-refractivity contribution in [2.24, 2.45) is 5.92 Å². The number of benzene rings is 2. The van der Waals surface area contributed by atoms with Crippen molar-refractivity contribution in [2.75, 3.05) is 26.2 Å². The number of amides is 2. The Morgan fingerprint density at radius 1 is 1.23 bits per heavy atom. The van der Waals surface area contributed by atoms with Gasteiger partial charge in [-0.25, -0.2) is 0 Å². The number of halogens is 2. The highest BCUT2D eigenvalue weighted by molar-refractivity contribution is 6.42. The highest BCUT2D eigenvalue weighted by atomic mass is 35.5. The molecule has 0 aliphatic carbocycles. The topological polar surface area (TPSA) is 78.9 Å². The van der Waals surface area contributed by atoms with Crippen LogP contribution < -0.4 is 10.1 Å². The normalized spacial score (nSPS) is 17.2. The number of carbonyl (C=O) groups is 2. The summed E-state index contributed by atoms with van der Waals surface area (Å²) in [7, 11) is 0. The maximum Gasteiger partial charge on any atom is 0.253 e. The minimum Gasteiger partial charge on any atom is -0.489 e. The van der Waals surface area contributed by atoms with Crippen molar-refractivity contribution in [3.63, 3.8) is 0 Å². The van der Waals surface area contributed by atoms with Gasteiger partial charge in [0, 0.05) is 25.2 Å². The summed E-state index contributed by atoms with van der Waals surface area (Å²) in [6.07, 6.45) is 0.552.